The second kappa shape index (κ2) is 11.4. The number of rotatable bonds is 6. The molecular weight excluding hydrogens is 455 g/mol. The number of carboxylic acids is 1. The highest BCUT2D eigenvalue weighted by Crippen LogP contribution is 2.42. The molecule has 1 spiro atoms. The van der Waals surface area contributed by atoms with Crippen molar-refractivity contribution < 1.29 is 37.3 Å². The number of aliphatic carboxylic acids is 1. The van der Waals surface area contributed by atoms with Crippen molar-refractivity contribution in [2.45, 2.75) is 44.4 Å². The van der Waals surface area contributed by atoms with E-state index in [4.69, 9.17) is 19.4 Å². The van der Waals surface area contributed by atoms with Crippen LogP contribution in [0.1, 0.15) is 32.6 Å². The van der Waals surface area contributed by atoms with Crippen LogP contribution in [0.2, 0.25) is 0 Å². The standard InChI is InChI=1S/C21H31N3O3.C2HF3O2/c1-2-23-11-6-17(7-12-23)20(25)24-15-21(16-24)18(9-14-27-21)8-13-26-19-5-3-4-10-22-19;3-2(4,5)1(6)7/h3-5,10,17-18H,2,6-9,11-16H2,1H3;(H,6,7). The normalized spacial score (nSPS) is 22.6. The molecule has 3 aliphatic rings. The third-order valence-corrected chi connectivity index (χ3v) is 6.81. The number of hydrogen-bond donors (Lipinski definition) is 1. The van der Waals surface area contributed by atoms with Crippen LogP contribution in [-0.2, 0) is 14.3 Å². The van der Waals surface area contributed by atoms with Crippen molar-refractivity contribution in [1.29, 1.82) is 0 Å². The summed E-state index contributed by atoms with van der Waals surface area (Å²) in [7, 11) is 0. The fourth-order valence-electron chi connectivity index (χ4n) is 4.79. The van der Waals surface area contributed by atoms with Crippen molar-refractivity contribution >= 4 is 11.9 Å². The molecule has 8 nitrogen and oxygen atoms in total. The second-order valence-electron chi connectivity index (χ2n) is 8.91. The van der Waals surface area contributed by atoms with Crippen LogP contribution in [-0.4, -0.2) is 89.5 Å². The van der Waals surface area contributed by atoms with Gasteiger partial charge < -0.3 is 24.4 Å². The Bertz CT molecular complexity index is 810. The zero-order chi connectivity index (χ0) is 24.8. The van der Waals surface area contributed by atoms with E-state index in [-0.39, 0.29) is 11.5 Å². The number of piperidine rings is 1. The number of carbonyl (C=O) groups excluding carboxylic acids is 1. The van der Waals surface area contributed by atoms with Crippen LogP contribution in [0.25, 0.3) is 0 Å². The molecule has 190 valence electrons. The van der Waals surface area contributed by atoms with Gasteiger partial charge in [0.25, 0.3) is 0 Å². The average molecular weight is 488 g/mol. The lowest BCUT2D eigenvalue weighted by molar-refractivity contribution is -0.192. The van der Waals surface area contributed by atoms with Gasteiger partial charge in [-0.05, 0) is 57.3 Å². The van der Waals surface area contributed by atoms with Crippen LogP contribution in [0.5, 0.6) is 5.88 Å². The summed E-state index contributed by atoms with van der Waals surface area (Å²) in [6, 6.07) is 5.70. The zero-order valence-electron chi connectivity index (χ0n) is 19.3. The van der Waals surface area contributed by atoms with Crippen LogP contribution < -0.4 is 4.74 Å². The Kier molecular flexibility index (Phi) is 8.75. The maximum absolute atomic E-state index is 12.8. The molecule has 3 fully saturated rings. The topological polar surface area (TPSA) is 92.2 Å². The smallest absolute Gasteiger partial charge is 0.478 e. The molecule has 4 rings (SSSR count). The summed E-state index contributed by atoms with van der Waals surface area (Å²) in [6.07, 6.45) is 0.669. The lowest BCUT2D eigenvalue weighted by Gasteiger charge is -2.51. The Morgan fingerprint density at radius 3 is 2.47 bits per heavy atom. The maximum atomic E-state index is 12.8. The minimum atomic E-state index is -5.08. The summed E-state index contributed by atoms with van der Waals surface area (Å²) in [5.74, 6) is -1.07. The first-order chi connectivity index (χ1) is 16.1. The Hall–Kier alpha value is -2.40. The SMILES string of the molecule is CCN1CCC(C(=O)N2CC3(C2)OCCC3CCOc2ccccn2)CC1.O=C(O)C(F)(F)F. The van der Waals surface area contributed by atoms with Crippen LogP contribution in [0, 0.1) is 11.8 Å². The van der Waals surface area contributed by atoms with Gasteiger partial charge in [-0.3, -0.25) is 4.79 Å². The van der Waals surface area contributed by atoms with E-state index in [0.717, 1.165) is 65.0 Å². The zero-order valence-corrected chi connectivity index (χ0v) is 19.3. The molecule has 0 saturated carbocycles. The molecular formula is C23H32F3N3O5. The Morgan fingerprint density at radius 2 is 1.91 bits per heavy atom. The summed E-state index contributed by atoms with van der Waals surface area (Å²) in [6.45, 7) is 8.34. The number of aromatic nitrogens is 1. The van der Waals surface area contributed by atoms with E-state index in [9.17, 15) is 18.0 Å². The number of pyridine rings is 1. The number of halogens is 3. The van der Waals surface area contributed by atoms with Crippen LogP contribution in [0.3, 0.4) is 0 Å². The largest absolute Gasteiger partial charge is 0.490 e. The molecule has 1 N–H and O–H groups in total. The number of nitrogens with zero attached hydrogens (tertiary/aromatic N) is 3. The number of likely N-dealkylation sites (tertiary alicyclic amines) is 2. The molecule has 4 heterocycles. The van der Waals surface area contributed by atoms with Crippen LogP contribution >= 0.6 is 0 Å². The molecule has 11 heteroatoms. The van der Waals surface area contributed by atoms with Crippen molar-refractivity contribution in [1.82, 2.24) is 14.8 Å². The number of carboxylic acid groups (broad SMARTS) is 1. The van der Waals surface area contributed by atoms with E-state index in [0.29, 0.717) is 24.3 Å². The molecule has 1 aromatic rings. The third-order valence-electron chi connectivity index (χ3n) is 6.81. The molecule has 0 radical (unpaired) electrons. The highest BCUT2D eigenvalue weighted by atomic mass is 19.4. The predicted molar refractivity (Wildman–Crippen MR) is 116 cm³/mol. The van der Waals surface area contributed by atoms with E-state index in [1.807, 2.05) is 23.1 Å². The fourth-order valence-corrected chi connectivity index (χ4v) is 4.79. The van der Waals surface area contributed by atoms with Crippen LogP contribution in [0.15, 0.2) is 24.4 Å². The molecule has 3 saturated heterocycles. The van der Waals surface area contributed by atoms with Gasteiger partial charge in [0.1, 0.15) is 5.60 Å². The van der Waals surface area contributed by atoms with Gasteiger partial charge in [0.15, 0.2) is 0 Å². The predicted octanol–water partition coefficient (Wildman–Crippen LogP) is 2.83. The molecule has 0 aromatic carbocycles. The van der Waals surface area contributed by atoms with Gasteiger partial charge >= 0.3 is 12.1 Å². The maximum Gasteiger partial charge on any atom is 0.490 e. The molecule has 34 heavy (non-hydrogen) atoms. The number of amides is 1. The Labute approximate surface area is 197 Å². The number of ether oxygens (including phenoxy) is 2. The lowest BCUT2D eigenvalue weighted by atomic mass is 9.78. The van der Waals surface area contributed by atoms with Crippen LogP contribution in [0.4, 0.5) is 13.2 Å². The van der Waals surface area contributed by atoms with Crippen molar-refractivity contribution in [2.24, 2.45) is 11.8 Å². The first-order valence-electron chi connectivity index (χ1n) is 11.6. The van der Waals surface area contributed by atoms with Crippen molar-refractivity contribution in [3.05, 3.63) is 24.4 Å². The summed E-state index contributed by atoms with van der Waals surface area (Å²) in [5, 5.41) is 7.12. The second-order valence-corrected chi connectivity index (χ2v) is 8.91. The highest BCUT2D eigenvalue weighted by Gasteiger charge is 2.54. The van der Waals surface area contributed by atoms with Gasteiger partial charge in [0, 0.05) is 24.8 Å². The first kappa shape index (κ1) is 26.2. The summed E-state index contributed by atoms with van der Waals surface area (Å²) in [5.41, 5.74) is -0.132. The first-order valence-corrected chi connectivity index (χ1v) is 11.6. The monoisotopic (exact) mass is 487 g/mol. The van der Waals surface area contributed by atoms with E-state index in [1.165, 1.54) is 0 Å². The number of carbonyl (C=O) groups is 2. The van der Waals surface area contributed by atoms with Gasteiger partial charge in [-0.2, -0.15) is 13.2 Å². The number of alkyl halides is 3. The average Bonchev–Trinajstić information content (AvgIpc) is 3.22. The van der Waals surface area contributed by atoms with Gasteiger partial charge in [0.05, 0.1) is 19.7 Å². The summed E-state index contributed by atoms with van der Waals surface area (Å²) < 4.78 is 43.6. The van der Waals surface area contributed by atoms with Crippen molar-refractivity contribution in [3.8, 4) is 5.88 Å². The fraction of sp³-hybridized carbons (Fsp3) is 0.696. The van der Waals surface area contributed by atoms with E-state index >= 15 is 0 Å². The molecule has 0 bridgehead atoms. The van der Waals surface area contributed by atoms with E-state index in [2.05, 4.69) is 16.8 Å². The Balaban J connectivity index is 0.000000406. The minimum Gasteiger partial charge on any atom is -0.478 e. The molecule has 1 amide bonds. The minimum absolute atomic E-state index is 0.132. The molecule has 1 unspecified atom stereocenters. The number of hydrogen-bond acceptors (Lipinski definition) is 6. The molecule has 0 aliphatic carbocycles. The lowest BCUT2D eigenvalue weighted by Crippen LogP contribution is -2.67. The molecule has 1 atom stereocenters. The van der Waals surface area contributed by atoms with Crippen molar-refractivity contribution in [3.63, 3.8) is 0 Å². The summed E-state index contributed by atoms with van der Waals surface area (Å²) in [4.78, 5) is 30.4. The van der Waals surface area contributed by atoms with Crippen molar-refractivity contribution in [2.75, 3.05) is 45.9 Å². The van der Waals surface area contributed by atoms with E-state index < -0.39 is 12.1 Å². The highest BCUT2D eigenvalue weighted by molar-refractivity contribution is 5.80. The summed E-state index contributed by atoms with van der Waals surface area (Å²) >= 11 is 0. The van der Waals surface area contributed by atoms with Gasteiger partial charge in [-0.25, -0.2) is 9.78 Å². The van der Waals surface area contributed by atoms with Gasteiger partial charge in [-0.15, -0.1) is 0 Å². The molecule has 3 aliphatic heterocycles. The quantitative estimate of drug-likeness (QED) is 0.660. The van der Waals surface area contributed by atoms with E-state index in [1.54, 1.807) is 6.20 Å². The third kappa shape index (κ3) is 6.59. The molecule has 1 aromatic heterocycles. The van der Waals surface area contributed by atoms with Gasteiger partial charge in [0.2, 0.25) is 11.8 Å². The Morgan fingerprint density at radius 1 is 1.24 bits per heavy atom. The van der Waals surface area contributed by atoms with Gasteiger partial charge in [-0.1, -0.05) is 13.0 Å².